The molecule has 0 spiro atoms. The maximum Gasteiger partial charge on any atom is 0.159 e. The van der Waals surface area contributed by atoms with Gasteiger partial charge in [-0.25, -0.2) is 0 Å². The van der Waals surface area contributed by atoms with Gasteiger partial charge in [-0.2, -0.15) is 0 Å². The fourth-order valence-electron chi connectivity index (χ4n) is 2.53. The minimum absolute atomic E-state index is 0.0967. The summed E-state index contributed by atoms with van der Waals surface area (Å²) in [6, 6.07) is 6.28. The van der Waals surface area contributed by atoms with Crippen LogP contribution >= 0.6 is 0 Å². The van der Waals surface area contributed by atoms with Crippen molar-refractivity contribution >= 4 is 5.78 Å². The monoisotopic (exact) mass is 277 g/mol. The van der Waals surface area contributed by atoms with Crippen LogP contribution in [0.4, 0.5) is 0 Å². The molecule has 0 unspecified atom stereocenters. The average molecular weight is 277 g/mol. The predicted molar refractivity (Wildman–Crippen MR) is 83.5 cm³/mol. The van der Waals surface area contributed by atoms with Gasteiger partial charge in [0.2, 0.25) is 0 Å². The van der Waals surface area contributed by atoms with E-state index in [1.807, 2.05) is 25.1 Å². The average Bonchev–Trinajstić information content (AvgIpc) is 2.42. The fraction of sp³-hybridized carbons (Fsp3) is 0.588. The summed E-state index contributed by atoms with van der Waals surface area (Å²) in [6.45, 7) is 9.45. The molecule has 1 aromatic rings. The molecule has 0 aromatic heterocycles. The van der Waals surface area contributed by atoms with Gasteiger partial charge in [0.1, 0.15) is 5.75 Å². The van der Waals surface area contributed by atoms with E-state index in [-0.39, 0.29) is 5.78 Å². The van der Waals surface area contributed by atoms with Crippen molar-refractivity contribution in [2.45, 2.75) is 53.1 Å². The smallest absolute Gasteiger partial charge is 0.159 e. The maximum atomic E-state index is 11.5. The zero-order valence-corrected chi connectivity index (χ0v) is 13.4. The van der Waals surface area contributed by atoms with E-state index in [4.69, 9.17) is 4.74 Å². The molecule has 112 valence electrons. The van der Waals surface area contributed by atoms with Crippen molar-refractivity contribution in [1.82, 2.24) is 4.90 Å². The van der Waals surface area contributed by atoms with Crippen LogP contribution in [0, 0.1) is 0 Å². The minimum atomic E-state index is 0.0967. The first kappa shape index (κ1) is 16.7. The summed E-state index contributed by atoms with van der Waals surface area (Å²) in [7, 11) is 2.13. The molecule has 0 saturated heterocycles. The van der Waals surface area contributed by atoms with E-state index in [1.165, 1.54) is 0 Å². The van der Waals surface area contributed by atoms with Crippen LogP contribution in [0.3, 0.4) is 0 Å². The second kappa shape index (κ2) is 8.05. The summed E-state index contributed by atoms with van der Waals surface area (Å²) < 4.78 is 5.68. The van der Waals surface area contributed by atoms with Gasteiger partial charge in [-0.3, -0.25) is 9.69 Å². The van der Waals surface area contributed by atoms with E-state index < -0.39 is 0 Å². The van der Waals surface area contributed by atoms with Gasteiger partial charge in [0.05, 0.1) is 6.61 Å². The molecule has 0 bridgehead atoms. The number of nitrogens with zero attached hydrogens (tertiary/aromatic N) is 1. The van der Waals surface area contributed by atoms with Gasteiger partial charge in [-0.15, -0.1) is 0 Å². The third-order valence-electron chi connectivity index (χ3n) is 3.75. The highest BCUT2D eigenvalue weighted by atomic mass is 16.5. The quantitative estimate of drug-likeness (QED) is 0.675. The lowest BCUT2D eigenvalue weighted by atomic mass is 10.0. The number of Topliss-reactive ketones (excluding diaryl/α,β-unsaturated/α-hetero) is 1. The van der Waals surface area contributed by atoms with Gasteiger partial charge in [0.25, 0.3) is 0 Å². The number of ether oxygens (including phenoxy) is 1. The number of rotatable bonds is 8. The Kier molecular flexibility index (Phi) is 6.73. The van der Waals surface area contributed by atoms with Crippen LogP contribution in [0.5, 0.6) is 5.75 Å². The van der Waals surface area contributed by atoms with Crippen LogP contribution in [-0.2, 0) is 6.54 Å². The first-order chi connectivity index (χ1) is 9.53. The molecular weight excluding hydrogens is 250 g/mol. The van der Waals surface area contributed by atoms with Gasteiger partial charge >= 0.3 is 0 Å². The van der Waals surface area contributed by atoms with Crippen LogP contribution in [-0.4, -0.2) is 30.4 Å². The lowest BCUT2D eigenvalue weighted by Gasteiger charge is -2.27. The van der Waals surface area contributed by atoms with Crippen LogP contribution in [0.15, 0.2) is 18.2 Å². The number of carbonyl (C=O) groups is 1. The van der Waals surface area contributed by atoms with Crippen molar-refractivity contribution in [3.8, 4) is 5.75 Å². The van der Waals surface area contributed by atoms with E-state index in [0.717, 1.165) is 36.3 Å². The van der Waals surface area contributed by atoms with Crippen molar-refractivity contribution in [2.75, 3.05) is 13.7 Å². The number of ketones is 1. The lowest BCUT2D eigenvalue weighted by molar-refractivity contribution is 0.101. The van der Waals surface area contributed by atoms with Crippen molar-refractivity contribution in [2.24, 2.45) is 0 Å². The molecule has 1 rings (SSSR count). The molecule has 0 aliphatic rings. The highest BCUT2D eigenvalue weighted by molar-refractivity contribution is 5.94. The molecular formula is C17H27NO2. The van der Waals surface area contributed by atoms with E-state index in [1.54, 1.807) is 6.92 Å². The van der Waals surface area contributed by atoms with Gasteiger partial charge in [0, 0.05) is 23.7 Å². The molecule has 0 radical (unpaired) electrons. The van der Waals surface area contributed by atoms with Crippen molar-refractivity contribution in [3.63, 3.8) is 0 Å². The summed E-state index contributed by atoms with van der Waals surface area (Å²) in [4.78, 5) is 13.9. The first-order valence-corrected chi connectivity index (χ1v) is 7.50. The van der Waals surface area contributed by atoms with Crippen LogP contribution in [0.25, 0.3) is 0 Å². The highest BCUT2D eigenvalue weighted by Crippen LogP contribution is 2.23. The van der Waals surface area contributed by atoms with Gasteiger partial charge < -0.3 is 4.74 Å². The third-order valence-corrected chi connectivity index (χ3v) is 3.75. The van der Waals surface area contributed by atoms with E-state index in [9.17, 15) is 4.79 Å². The van der Waals surface area contributed by atoms with Crippen LogP contribution in [0.2, 0.25) is 0 Å². The van der Waals surface area contributed by atoms with Crippen LogP contribution in [0.1, 0.15) is 56.5 Å². The normalized spacial score (nSPS) is 11.2. The van der Waals surface area contributed by atoms with E-state index in [2.05, 4.69) is 25.8 Å². The summed E-state index contributed by atoms with van der Waals surface area (Å²) in [5.74, 6) is 0.981. The van der Waals surface area contributed by atoms with E-state index >= 15 is 0 Å². The number of hydrogen-bond donors (Lipinski definition) is 0. The zero-order chi connectivity index (χ0) is 15.1. The Hall–Kier alpha value is -1.35. The Morgan fingerprint density at radius 2 is 1.90 bits per heavy atom. The Bertz CT molecular complexity index is 439. The Balaban J connectivity index is 3.00. The summed E-state index contributed by atoms with van der Waals surface area (Å²) in [5, 5.41) is 0. The summed E-state index contributed by atoms with van der Waals surface area (Å²) >= 11 is 0. The largest absolute Gasteiger partial charge is 0.494 e. The van der Waals surface area contributed by atoms with Crippen molar-refractivity contribution in [3.05, 3.63) is 29.3 Å². The standard InChI is InChI=1S/C17H27NO2/c1-6-16(7-2)18(5)12-15-11-14(13(4)19)9-10-17(15)20-8-3/h9-11,16H,6-8,12H2,1-5H3. The summed E-state index contributed by atoms with van der Waals surface area (Å²) in [6.07, 6.45) is 2.26. The molecule has 0 aliphatic carbocycles. The third kappa shape index (κ3) is 4.34. The molecule has 0 fully saturated rings. The van der Waals surface area contributed by atoms with Crippen molar-refractivity contribution < 1.29 is 9.53 Å². The molecule has 20 heavy (non-hydrogen) atoms. The molecule has 1 aromatic carbocycles. The number of hydrogen-bond acceptors (Lipinski definition) is 3. The van der Waals surface area contributed by atoms with Crippen LogP contribution < -0.4 is 4.74 Å². The number of carbonyl (C=O) groups excluding carboxylic acids is 1. The second-order valence-corrected chi connectivity index (χ2v) is 5.20. The molecule has 0 N–H and O–H groups in total. The van der Waals surface area contributed by atoms with Gasteiger partial charge in [-0.1, -0.05) is 13.8 Å². The number of benzene rings is 1. The first-order valence-electron chi connectivity index (χ1n) is 7.50. The Morgan fingerprint density at radius 3 is 2.40 bits per heavy atom. The van der Waals surface area contributed by atoms with Crippen molar-refractivity contribution in [1.29, 1.82) is 0 Å². The van der Waals surface area contributed by atoms with E-state index in [0.29, 0.717) is 12.6 Å². The Morgan fingerprint density at radius 1 is 1.25 bits per heavy atom. The van der Waals surface area contributed by atoms with Gasteiger partial charge in [0.15, 0.2) is 5.78 Å². The fourth-order valence-corrected chi connectivity index (χ4v) is 2.53. The zero-order valence-electron chi connectivity index (χ0n) is 13.4. The molecule has 0 saturated carbocycles. The second-order valence-electron chi connectivity index (χ2n) is 5.20. The maximum absolute atomic E-state index is 11.5. The topological polar surface area (TPSA) is 29.5 Å². The molecule has 0 aliphatic heterocycles. The molecule has 3 heteroatoms. The minimum Gasteiger partial charge on any atom is -0.494 e. The molecule has 0 heterocycles. The Labute approximate surface area is 122 Å². The SMILES string of the molecule is CCOc1ccc(C(C)=O)cc1CN(C)C(CC)CC. The highest BCUT2D eigenvalue weighted by Gasteiger charge is 2.14. The molecule has 0 atom stereocenters. The molecule has 3 nitrogen and oxygen atoms in total. The predicted octanol–water partition coefficient (Wildman–Crippen LogP) is 3.91. The molecule has 0 amide bonds. The van der Waals surface area contributed by atoms with Gasteiger partial charge in [-0.05, 0) is 51.9 Å². The lowest BCUT2D eigenvalue weighted by Crippen LogP contribution is -2.30. The summed E-state index contributed by atoms with van der Waals surface area (Å²) in [5.41, 5.74) is 1.84.